The molecule has 0 bridgehead atoms. The smallest absolute Gasteiger partial charge is 0.169 e. The van der Waals surface area contributed by atoms with Crippen LogP contribution in [0.1, 0.15) is 12.0 Å². The number of thiocarbonyl (C=S) groups is 1. The molecule has 1 fully saturated rings. The molecule has 2 rings (SSSR count). The number of nitrogens with zero attached hydrogens (tertiary/aromatic N) is 3. The first kappa shape index (κ1) is 19.0. The molecule has 1 saturated heterocycles. The van der Waals surface area contributed by atoms with Gasteiger partial charge in [0.2, 0.25) is 0 Å². The molecule has 0 spiro atoms. The Morgan fingerprint density at radius 3 is 2.42 bits per heavy atom. The first-order chi connectivity index (χ1) is 11.6. The van der Waals surface area contributed by atoms with Gasteiger partial charge in [0.1, 0.15) is 5.75 Å². The van der Waals surface area contributed by atoms with Gasteiger partial charge in [-0.1, -0.05) is 12.1 Å². The van der Waals surface area contributed by atoms with Crippen LogP contribution < -0.4 is 10.1 Å². The van der Waals surface area contributed by atoms with E-state index >= 15 is 0 Å². The maximum atomic E-state index is 5.52. The monoisotopic (exact) mass is 350 g/mol. The number of piperazine rings is 1. The Hall–Kier alpha value is -1.37. The van der Waals surface area contributed by atoms with Crippen molar-refractivity contribution in [1.29, 1.82) is 0 Å². The van der Waals surface area contributed by atoms with Gasteiger partial charge in [-0.2, -0.15) is 0 Å². The Balaban J connectivity index is 1.67. The predicted octanol–water partition coefficient (Wildman–Crippen LogP) is 1.64. The summed E-state index contributed by atoms with van der Waals surface area (Å²) in [6.45, 7) is 7.11. The molecule has 0 radical (unpaired) electrons. The summed E-state index contributed by atoms with van der Waals surface area (Å²) in [5, 5.41) is 4.28. The zero-order valence-electron chi connectivity index (χ0n) is 15.1. The van der Waals surface area contributed by atoms with Crippen LogP contribution in [0.2, 0.25) is 0 Å². The van der Waals surface area contributed by atoms with Gasteiger partial charge in [-0.05, 0) is 57.0 Å². The van der Waals surface area contributed by atoms with Gasteiger partial charge in [-0.3, -0.25) is 4.90 Å². The van der Waals surface area contributed by atoms with Crippen molar-refractivity contribution in [2.45, 2.75) is 13.0 Å². The van der Waals surface area contributed by atoms with Gasteiger partial charge >= 0.3 is 0 Å². The molecular weight excluding hydrogens is 320 g/mol. The van der Waals surface area contributed by atoms with Gasteiger partial charge in [0.15, 0.2) is 5.11 Å². The summed E-state index contributed by atoms with van der Waals surface area (Å²) < 4.78 is 5.21. The van der Waals surface area contributed by atoms with E-state index in [1.54, 1.807) is 7.11 Å². The van der Waals surface area contributed by atoms with E-state index in [9.17, 15) is 0 Å². The summed E-state index contributed by atoms with van der Waals surface area (Å²) in [4.78, 5) is 6.96. The SMILES string of the molecule is COc1ccc(CN2CCN(C(=S)NCCCN(C)C)CC2)cc1. The van der Waals surface area contributed by atoms with Gasteiger partial charge in [-0.25, -0.2) is 0 Å². The molecule has 0 aromatic heterocycles. The lowest BCUT2D eigenvalue weighted by Crippen LogP contribution is -2.51. The lowest BCUT2D eigenvalue weighted by Gasteiger charge is -2.36. The van der Waals surface area contributed by atoms with E-state index in [-0.39, 0.29) is 0 Å². The van der Waals surface area contributed by atoms with Crippen LogP contribution in [0, 0.1) is 0 Å². The number of nitrogens with one attached hydrogen (secondary N) is 1. The van der Waals surface area contributed by atoms with Gasteiger partial charge in [0.05, 0.1) is 7.11 Å². The molecule has 1 aromatic rings. The lowest BCUT2D eigenvalue weighted by atomic mass is 10.2. The Morgan fingerprint density at radius 1 is 1.17 bits per heavy atom. The number of ether oxygens (including phenoxy) is 1. The second kappa shape index (κ2) is 9.81. The molecule has 1 aliphatic rings. The van der Waals surface area contributed by atoms with Gasteiger partial charge in [0, 0.05) is 39.3 Å². The first-order valence-corrected chi connectivity index (χ1v) is 9.02. The quantitative estimate of drug-likeness (QED) is 0.594. The van der Waals surface area contributed by atoms with E-state index in [0.29, 0.717) is 0 Å². The van der Waals surface area contributed by atoms with Crippen molar-refractivity contribution in [2.75, 3.05) is 60.5 Å². The summed E-state index contributed by atoms with van der Waals surface area (Å²) in [5.74, 6) is 0.911. The summed E-state index contributed by atoms with van der Waals surface area (Å²) in [6.07, 6.45) is 1.12. The highest BCUT2D eigenvalue weighted by Crippen LogP contribution is 2.14. The van der Waals surface area contributed by atoms with E-state index in [4.69, 9.17) is 17.0 Å². The van der Waals surface area contributed by atoms with E-state index in [0.717, 1.165) is 63.1 Å². The zero-order chi connectivity index (χ0) is 17.4. The number of rotatable bonds is 7. The minimum atomic E-state index is 0.901. The number of methoxy groups -OCH3 is 1. The minimum Gasteiger partial charge on any atom is -0.497 e. The molecule has 1 aromatic carbocycles. The van der Waals surface area contributed by atoms with E-state index < -0.39 is 0 Å². The fourth-order valence-corrected chi connectivity index (χ4v) is 3.09. The van der Waals surface area contributed by atoms with Crippen LogP contribution in [0.25, 0.3) is 0 Å². The molecule has 1 aliphatic heterocycles. The molecule has 0 atom stereocenters. The number of benzene rings is 1. The third-order valence-electron chi connectivity index (χ3n) is 4.28. The maximum absolute atomic E-state index is 5.52. The van der Waals surface area contributed by atoms with Crippen molar-refractivity contribution in [3.63, 3.8) is 0 Å². The molecule has 0 aliphatic carbocycles. The maximum Gasteiger partial charge on any atom is 0.169 e. The molecule has 24 heavy (non-hydrogen) atoms. The molecule has 0 saturated carbocycles. The van der Waals surface area contributed by atoms with Gasteiger partial charge in [0.25, 0.3) is 0 Å². The second-order valence-electron chi connectivity index (χ2n) is 6.50. The van der Waals surface area contributed by atoms with Crippen LogP contribution in [0.4, 0.5) is 0 Å². The van der Waals surface area contributed by atoms with Gasteiger partial charge in [-0.15, -0.1) is 0 Å². The Labute approximate surface area is 151 Å². The average Bonchev–Trinajstić information content (AvgIpc) is 2.59. The zero-order valence-corrected chi connectivity index (χ0v) is 15.9. The number of hydrogen-bond acceptors (Lipinski definition) is 4. The van der Waals surface area contributed by atoms with Crippen molar-refractivity contribution in [2.24, 2.45) is 0 Å². The van der Waals surface area contributed by atoms with Crippen molar-refractivity contribution in [3.8, 4) is 5.75 Å². The molecule has 5 nitrogen and oxygen atoms in total. The van der Waals surface area contributed by atoms with Crippen molar-refractivity contribution < 1.29 is 4.74 Å². The molecular formula is C18H30N4OS. The van der Waals surface area contributed by atoms with Crippen molar-refractivity contribution in [1.82, 2.24) is 20.0 Å². The highest BCUT2D eigenvalue weighted by Gasteiger charge is 2.18. The largest absolute Gasteiger partial charge is 0.497 e. The van der Waals surface area contributed by atoms with Crippen molar-refractivity contribution >= 4 is 17.3 Å². The van der Waals surface area contributed by atoms with Crippen LogP contribution in [-0.4, -0.2) is 80.3 Å². The molecule has 1 N–H and O–H groups in total. The fourth-order valence-electron chi connectivity index (χ4n) is 2.80. The minimum absolute atomic E-state index is 0.901. The summed E-state index contributed by atoms with van der Waals surface area (Å²) in [7, 11) is 5.90. The van der Waals surface area contributed by atoms with Gasteiger partial charge < -0.3 is 19.9 Å². The van der Waals surface area contributed by atoms with Crippen LogP contribution >= 0.6 is 12.2 Å². The van der Waals surface area contributed by atoms with Crippen molar-refractivity contribution in [3.05, 3.63) is 29.8 Å². The molecule has 0 amide bonds. The Bertz CT molecular complexity index is 498. The van der Waals surface area contributed by atoms with Crippen LogP contribution in [0.3, 0.4) is 0 Å². The predicted molar refractivity (Wildman–Crippen MR) is 104 cm³/mol. The van der Waals surface area contributed by atoms with Crippen LogP contribution in [0.5, 0.6) is 5.75 Å². The summed E-state index contributed by atoms with van der Waals surface area (Å²) in [5.41, 5.74) is 1.33. The van der Waals surface area contributed by atoms with Crippen LogP contribution in [-0.2, 0) is 6.54 Å². The standard InChI is InChI=1S/C18H30N4OS/c1-20(2)10-4-9-19-18(24)22-13-11-21(12-14-22)15-16-5-7-17(23-3)8-6-16/h5-8H,4,9-15H2,1-3H3,(H,19,24). The lowest BCUT2D eigenvalue weighted by molar-refractivity contribution is 0.174. The third-order valence-corrected chi connectivity index (χ3v) is 4.69. The molecule has 134 valence electrons. The third kappa shape index (κ3) is 6.26. The highest BCUT2D eigenvalue weighted by molar-refractivity contribution is 7.80. The highest BCUT2D eigenvalue weighted by atomic mass is 32.1. The summed E-state index contributed by atoms with van der Waals surface area (Å²) in [6, 6.07) is 8.33. The molecule has 6 heteroatoms. The fraction of sp³-hybridized carbons (Fsp3) is 0.611. The normalized spacial score (nSPS) is 15.6. The van der Waals surface area contributed by atoms with E-state index in [1.807, 2.05) is 12.1 Å². The molecule has 0 unspecified atom stereocenters. The molecule has 1 heterocycles. The Kier molecular flexibility index (Phi) is 7.75. The average molecular weight is 351 g/mol. The van der Waals surface area contributed by atoms with E-state index in [2.05, 4.69) is 46.2 Å². The van der Waals surface area contributed by atoms with Crippen LogP contribution in [0.15, 0.2) is 24.3 Å². The number of hydrogen-bond donors (Lipinski definition) is 1. The summed E-state index contributed by atoms with van der Waals surface area (Å²) >= 11 is 5.52. The topological polar surface area (TPSA) is 31.0 Å². The second-order valence-corrected chi connectivity index (χ2v) is 6.89. The van der Waals surface area contributed by atoms with E-state index in [1.165, 1.54) is 5.56 Å². The first-order valence-electron chi connectivity index (χ1n) is 8.61. The Morgan fingerprint density at radius 2 is 1.83 bits per heavy atom.